The van der Waals surface area contributed by atoms with Gasteiger partial charge in [-0.15, -0.1) is 0 Å². The number of amides is 1. The minimum atomic E-state index is -0.432. The molecule has 22 heavy (non-hydrogen) atoms. The second kappa shape index (κ2) is 7.06. The van der Waals surface area contributed by atoms with Crippen molar-refractivity contribution in [2.75, 3.05) is 24.7 Å². The third kappa shape index (κ3) is 3.44. The highest BCUT2D eigenvalue weighted by Gasteiger charge is 2.34. The van der Waals surface area contributed by atoms with E-state index in [2.05, 4.69) is 0 Å². The van der Waals surface area contributed by atoms with E-state index in [9.17, 15) is 14.0 Å². The van der Waals surface area contributed by atoms with E-state index in [0.29, 0.717) is 17.9 Å². The maximum absolute atomic E-state index is 14.1. The highest BCUT2D eigenvalue weighted by molar-refractivity contribution is 6.03. The summed E-state index contributed by atoms with van der Waals surface area (Å²) in [6, 6.07) is 4.57. The highest BCUT2D eigenvalue weighted by Crippen LogP contribution is 2.38. The summed E-state index contributed by atoms with van der Waals surface area (Å²) in [5.74, 6) is -1.51. The van der Waals surface area contributed by atoms with Gasteiger partial charge in [0.2, 0.25) is 0 Å². The standard InChI is InChI=1S/C16H18FNO4/c1-3-21-8-7-15(20)18-9-12(10-22-11(2)19)16-13(17)5-4-6-14(16)18/h4-8,12H,3,9-10H2,1-2H3/b8-7+/t12-/m0/s1. The number of fused-ring (bicyclic) bond motifs is 1. The molecule has 0 unspecified atom stereocenters. The molecule has 0 N–H and O–H groups in total. The van der Waals surface area contributed by atoms with Crippen molar-refractivity contribution in [3.63, 3.8) is 0 Å². The number of nitrogens with zero attached hydrogens (tertiary/aromatic N) is 1. The van der Waals surface area contributed by atoms with Gasteiger partial charge in [-0.2, -0.15) is 0 Å². The molecule has 1 aliphatic rings. The van der Waals surface area contributed by atoms with Crippen molar-refractivity contribution < 1.29 is 23.5 Å². The molecule has 0 aliphatic carbocycles. The largest absolute Gasteiger partial charge is 0.501 e. The number of rotatable bonds is 5. The van der Waals surface area contributed by atoms with E-state index in [4.69, 9.17) is 9.47 Å². The lowest BCUT2D eigenvalue weighted by Gasteiger charge is -2.15. The first-order valence-electron chi connectivity index (χ1n) is 7.06. The first-order valence-corrected chi connectivity index (χ1v) is 7.06. The molecule has 0 bridgehead atoms. The van der Waals surface area contributed by atoms with Crippen LogP contribution in [0.5, 0.6) is 0 Å². The van der Waals surface area contributed by atoms with Gasteiger partial charge < -0.3 is 14.4 Å². The quantitative estimate of drug-likeness (QED) is 0.476. The van der Waals surface area contributed by atoms with Gasteiger partial charge in [0.05, 0.1) is 18.6 Å². The summed E-state index contributed by atoms with van der Waals surface area (Å²) < 4.78 is 24.1. The predicted molar refractivity (Wildman–Crippen MR) is 78.9 cm³/mol. The van der Waals surface area contributed by atoms with Gasteiger partial charge in [0.1, 0.15) is 12.4 Å². The molecule has 0 fully saturated rings. The van der Waals surface area contributed by atoms with Gasteiger partial charge in [-0.1, -0.05) is 6.07 Å². The van der Waals surface area contributed by atoms with Crippen LogP contribution in [-0.2, 0) is 19.1 Å². The molecule has 0 spiro atoms. The summed E-state index contributed by atoms with van der Waals surface area (Å²) in [7, 11) is 0. The molecule has 1 atom stereocenters. The molecule has 0 radical (unpaired) electrons. The average molecular weight is 307 g/mol. The molecule has 6 heteroatoms. The first kappa shape index (κ1) is 16.0. The van der Waals surface area contributed by atoms with Crippen LogP contribution in [0.25, 0.3) is 0 Å². The van der Waals surface area contributed by atoms with Crippen LogP contribution in [0, 0.1) is 5.82 Å². The van der Waals surface area contributed by atoms with Gasteiger partial charge in [-0.3, -0.25) is 9.59 Å². The van der Waals surface area contributed by atoms with Gasteiger partial charge >= 0.3 is 5.97 Å². The first-order chi connectivity index (χ1) is 10.5. The number of halogens is 1. The van der Waals surface area contributed by atoms with E-state index in [1.807, 2.05) is 6.92 Å². The number of anilines is 1. The Labute approximate surface area is 128 Å². The monoisotopic (exact) mass is 307 g/mol. The number of ether oxygens (including phenoxy) is 2. The van der Waals surface area contributed by atoms with Crippen molar-refractivity contribution >= 4 is 17.6 Å². The maximum Gasteiger partial charge on any atom is 0.302 e. The van der Waals surface area contributed by atoms with Crippen LogP contribution < -0.4 is 4.90 Å². The van der Waals surface area contributed by atoms with E-state index in [1.54, 1.807) is 12.1 Å². The normalized spacial score (nSPS) is 16.7. The molecule has 2 rings (SSSR count). The number of hydrogen-bond acceptors (Lipinski definition) is 4. The van der Waals surface area contributed by atoms with E-state index in [1.165, 1.54) is 30.2 Å². The zero-order valence-electron chi connectivity index (χ0n) is 12.5. The number of benzene rings is 1. The van der Waals surface area contributed by atoms with Crippen LogP contribution in [0.15, 0.2) is 30.5 Å². The molecule has 1 heterocycles. The summed E-state index contributed by atoms with van der Waals surface area (Å²) in [4.78, 5) is 24.6. The Balaban J connectivity index is 2.23. The van der Waals surface area contributed by atoms with Crippen LogP contribution >= 0.6 is 0 Å². The Morgan fingerprint density at radius 3 is 2.91 bits per heavy atom. The number of carbonyl (C=O) groups excluding carboxylic acids is 2. The summed E-state index contributed by atoms with van der Waals surface area (Å²) >= 11 is 0. The lowest BCUT2D eigenvalue weighted by Crippen LogP contribution is -2.29. The molecule has 1 aliphatic heterocycles. The summed E-state index contributed by atoms with van der Waals surface area (Å²) in [5.41, 5.74) is 0.908. The van der Waals surface area contributed by atoms with E-state index in [0.717, 1.165) is 0 Å². The summed E-state index contributed by atoms with van der Waals surface area (Å²) in [6.45, 7) is 3.88. The Morgan fingerprint density at radius 2 is 2.23 bits per heavy atom. The lowest BCUT2D eigenvalue weighted by atomic mass is 10.0. The van der Waals surface area contributed by atoms with Crippen LogP contribution in [0.4, 0.5) is 10.1 Å². The maximum atomic E-state index is 14.1. The lowest BCUT2D eigenvalue weighted by molar-refractivity contribution is -0.141. The minimum absolute atomic E-state index is 0.0439. The topological polar surface area (TPSA) is 55.8 Å². The fraction of sp³-hybridized carbons (Fsp3) is 0.375. The smallest absolute Gasteiger partial charge is 0.302 e. The van der Waals surface area contributed by atoms with E-state index >= 15 is 0 Å². The predicted octanol–water partition coefficient (Wildman–Crippen LogP) is 2.37. The second-order valence-electron chi connectivity index (χ2n) is 4.88. The fourth-order valence-electron chi connectivity index (χ4n) is 2.43. The van der Waals surface area contributed by atoms with Gasteiger partial charge in [0.15, 0.2) is 0 Å². The zero-order valence-corrected chi connectivity index (χ0v) is 12.5. The molecule has 1 aromatic carbocycles. The third-order valence-electron chi connectivity index (χ3n) is 3.36. The van der Waals surface area contributed by atoms with Gasteiger partial charge in [0, 0.05) is 31.0 Å². The van der Waals surface area contributed by atoms with Gasteiger partial charge in [-0.05, 0) is 19.1 Å². The number of esters is 1. The van der Waals surface area contributed by atoms with Crippen molar-refractivity contribution in [2.45, 2.75) is 19.8 Å². The molecule has 0 aromatic heterocycles. The van der Waals surface area contributed by atoms with Gasteiger partial charge in [-0.25, -0.2) is 4.39 Å². The molecule has 118 valence electrons. The molecule has 0 saturated carbocycles. The van der Waals surface area contributed by atoms with Crippen molar-refractivity contribution in [3.05, 3.63) is 41.9 Å². The Morgan fingerprint density at radius 1 is 1.45 bits per heavy atom. The van der Waals surface area contributed by atoms with E-state index < -0.39 is 11.8 Å². The molecule has 1 amide bonds. The Kier molecular flexibility index (Phi) is 5.14. The van der Waals surface area contributed by atoms with Gasteiger partial charge in [0.25, 0.3) is 5.91 Å². The van der Waals surface area contributed by atoms with E-state index in [-0.39, 0.29) is 25.0 Å². The second-order valence-corrected chi connectivity index (χ2v) is 4.88. The fourth-order valence-corrected chi connectivity index (χ4v) is 2.43. The van der Waals surface area contributed by atoms with Crippen molar-refractivity contribution in [2.24, 2.45) is 0 Å². The molecular weight excluding hydrogens is 289 g/mol. The SMILES string of the molecule is CCO/C=C/C(=O)N1C[C@@H](COC(C)=O)c2c(F)cccc21. The Bertz CT molecular complexity index is 600. The van der Waals surface area contributed by atoms with Crippen molar-refractivity contribution in [1.82, 2.24) is 0 Å². The average Bonchev–Trinajstić information content (AvgIpc) is 2.85. The third-order valence-corrected chi connectivity index (χ3v) is 3.36. The van der Waals surface area contributed by atoms with Crippen LogP contribution in [0.3, 0.4) is 0 Å². The molecular formula is C16H18FNO4. The van der Waals surface area contributed by atoms with Crippen molar-refractivity contribution in [3.8, 4) is 0 Å². The molecule has 5 nitrogen and oxygen atoms in total. The highest BCUT2D eigenvalue weighted by atomic mass is 19.1. The van der Waals surface area contributed by atoms with Crippen LogP contribution in [0.1, 0.15) is 25.3 Å². The number of hydrogen-bond donors (Lipinski definition) is 0. The Hall–Kier alpha value is -2.37. The summed E-state index contributed by atoms with van der Waals surface area (Å²) in [6.07, 6.45) is 2.62. The number of carbonyl (C=O) groups is 2. The van der Waals surface area contributed by atoms with Crippen molar-refractivity contribution in [1.29, 1.82) is 0 Å². The minimum Gasteiger partial charge on any atom is -0.501 e. The summed E-state index contributed by atoms with van der Waals surface area (Å²) in [5, 5.41) is 0. The van der Waals surface area contributed by atoms with Crippen LogP contribution in [0.2, 0.25) is 0 Å². The molecule has 1 aromatic rings. The zero-order chi connectivity index (χ0) is 16.1. The van der Waals surface area contributed by atoms with Crippen LogP contribution in [-0.4, -0.2) is 31.6 Å². The molecule has 0 saturated heterocycles.